The van der Waals surface area contributed by atoms with Crippen molar-refractivity contribution in [1.29, 1.82) is 5.26 Å². The third-order valence-corrected chi connectivity index (χ3v) is 13.8. The number of hydrogen-bond donors (Lipinski definition) is 1. The number of unbranched alkanes of at least 4 members (excludes halogenated alkanes) is 12. The fourth-order valence-electron chi connectivity index (χ4n) is 9.00. The number of aromatic nitrogens is 3. The number of nitrogens with zero attached hydrogens (tertiary/aromatic N) is 4. The van der Waals surface area contributed by atoms with Crippen molar-refractivity contribution in [3.63, 3.8) is 0 Å². The zero-order valence-electron chi connectivity index (χ0n) is 36.2. The van der Waals surface area contributed by atoms with E-state index in [0.29, 0.717) is 29.0 Å². The predicted octanol–water partition coefficient (Wildman–Crippen LogP) is 11.4. The van der Waals surface area contributed by atoms with E-state index in [1.165, 1.54) is 76.2 Å². The number of nitrogens with two attached hydrogens (primary N) is 1. The Labute approximate surface area is 369 Å². The second-order valence-corrected chi connectivity index (χ2v) is 19.3. The van der Waals surface area contributed by atoms with Gasteiger partial charge in [-0.2, -0.15) is 10.4 Å². The number of hydrogen-bond acceptors (Lipinski definition) is 12. The molecule has 2 N–H and O–H groups in total. The van der Waals surface area contributed by atoms with Gasteiger partial charge in [0.15, 0.2) is 17.2 Å². The van der Waals surface area contributed by atoms with Gasteiger partial charge in [0.2, 0.25) is 0 Å². The average Bonchev–Trinajstić information content (AvgIpc) is 3.62. The minimum atomic E-state index is -4.55. The number of ether oxygens (including phenoxy) is 4. The number of nitrogen functional groups attached to an aromatic ring is 1. The van der Waals surface area contributed by atoms with E-state index in [-0.39, 0.29) is 29.5 Å². The maximum Gasteiger partial charge on any atom is 0.530 e. The molecule has 4 heterocycles. The number of para-hydroxylation sites is 1. The zero-order valence-corrected chi connectivity index (χ0v) is 37.9. The lowest BCUT2D eigenvalue weighted by Crippen LogP contribution is -2.33. The van der Waals surface area contributed by atoms with Crippen LogP contribution >= 0.6 is 19.4 Å². The highest BCUT2D eigenvalue weighted by molar-refractivity contribution is 7.49. The molecule has 0 bridgehead atoms. The lowest BCUT2D eigenvalue weighted by Gasteiger charge is -2.27. The smallest absolute Gasteiger partial charge is 0.402 e. The van der Waals surface area contributed by atoms with Crippen LogP contribution in [0, 0.1) is 17.1 Å². The van der Waals surface area contributed by atoms with Gasteiger partial charge in [-0.15, -0.1) is 0 Å². The van der Waals surface area contributed by atoms with E-state index in [9.17, 15) is 9.65 Å². The summed E-state index contributed by atoms with van der Waals surface area (Å²) in [7, 11) is -4.55. The quantitative estimate of drug-likeness (QED) is 0.0496. The van der Waals surface area contributed by atoms with E-state index in [1.54, 1.807) is 48.7 Å². The van der Waals surface area contributed by atoms with Crippen molar-refractivity contribution in [1.82, 2.24) is 14.6 Å². The Morgan fingerprint density at radius 1 is 0.968 bits per heavy atom. The van der Waals surface area contributed by atoms with Gasteiger partial charge < -0.3 is 29.2 Å². The van der Waals surface area contributed by atoms with E-state index in [1.807, 2.05) is 25.1 Å². The molecular formula is C46H60ClFN5O8P. The minimum Gasteiger partial charge on any atom is -0.402 e. The van der Waals surface area contributed by atoms with E-state index in [4.69, 9.17) is 49.9 Å². The summed E-state index contributed by atoms with van der Waals surface area (Å²) >= 11 is 6.53. The SMILES string of the molecule is CCCCCCCCCCCCCCCC(COP(=O)(Oc1ccccc1Cl)OC1C2(C)OC(c3ccc4c(N)ncnn34)C3OC(C)(C)OC312)OCc1cc(F)cc(C#N)c1. The van der Waals surface area contributed by atoms with Crippen molar-refractivity contribution in [2.75, 3.05) is 12.3 Å². The maximum atomic E-state index is 15.1. The first-order chi connectivity index (χ1) is 29.8. The lowest BCUT2D eigenvalue weighted by atomic mass is 10.0. The molecule has 0 radical (unpaired) electrons. The molecule has 1 spiro atoms. The number of rotatable bonds is 25. The fourth-order valence-corrected chi connectivity index (χ4v) is 10.8. The Morgan fingerprint density at radius 3 is 2.35 bits per heavy atom. The number of fused-ring (bicyclic) bond motifs is 1. The standard InChI is InChI=1S/C46H60ClFN5O8P/c1-5-6-7-8-9-10-11-12-13-14-15-16-17-20-35(55-29-33-25-32(28-49)26-34(48)27-33)30-56-62(54,59-39-22-19-18-21-36(39)47)60-43-45(4)46(43)41(58-44(2,3)61-46)40(57-45)37-23-24-38-42(50)51-31-52-53(37)38/h18-19,21-27,31,35,40-41,43H,5-17,20,29-30H2,1-4H3,(H2,50,51,52). The molecule has 16 heteroatoms. The number of benzene rings is 2. The molecule has 7 atom stereocenters. The van der Waals surface area contributed by atoms with Crippen molar-refractivity contribution in [3.05, 3.63) is 88.6 Å². The van der Waals surface area contributed by atoms with Gasteiger partial charge >= 0.3 is 7.82 Å². The highest BCUT2D eigenvalue weighted by atomic mass is 35.5. The van der Waals surface area contributed by atoms with E-state index < -0.39 is 55.0 Å². The molecular weight excluding hydrogens is 836 g/mol. The summed E-state index contributed by atoms with van der Waals surface area (Å²) in [6, 6.07) is 16.4. The largest absolute Gasteiger partial charge is 0.530 e. The van der Waals surface area contributed by atoms with Crippen LogP contribution < -0.4 is 10.3 Å². The first-order valence-corrected chi connectivity index (χ1v) is 24.0. The summed E-state index contributed by atoms with van der Waals surface area (Å²) in [6.45, 7) is 7.48. The average molecular weight is 896 g/mol. The van der Waals surface area contributed by atoms with Crippen LogP contribution in [0.2, 0.25) is 5.02 Å². The molecule has 2 aromatic carbocycles. The normalized spacial score (nSPS) is 25.0. The molecule has 1 saturated carbocycles. The van der Waals surface area contributed by atoms with Gasteiger partial charge in [0, 0.05) is 0 Å². The van der Waals surface area contributed by atoms with E-state index >= 15 is 4.57 Å². The molecule has 2 aromatic heterocycles. The molecule has 0 amide bonds. The maximum absolute atomic E-state index is 15.1. The fraction of sp³-hybridized carbons (Fsp3) is 0.587. The molecule has 3 aliphatic rings. The first kappa shape index (κ1) is 46.4. The van der Waals surface area contributed by atoms with Crippen LogP contribution in [0.5, 0.6) is 5.75 Å². The highest BCUT2D eigenvalue weighted by Crippen LogP contribution is 2.74. The molecule has 3 fully saturated rings. The van der Waals surface area contributed by atoms with Crippen molar-refractivity contribution in [2.45, 2.75) is 166 Å². The van der Waals surface area contributed by atoms with Crippen LogP contribution in [-0.4, -0.2) is 56.5 Å². The molecule has 1 aliphatic carbocycles. The van der Waals surface area contributed by atoms with Crippen molar-refractivity contribution in [3.8, 4) is 11.8 Å². The summed E-state index contributed by atoms with van der Waals surface area (Å²) in [5.74, 6) is -1.18. The summed E-state index contributed by atoms with van der Waals surface area (Å²) in [5, 5.41) is 14.1. The second-order valence-electron chi connectivity index (χ2n) is 17.4. The Bertz CT molecular complexity index is 2240. The van der Waals surface area contributed by atoms with Crippen LogP contribution in [0.4, 0.5) is 10.2 Å². The third kappa shape index (κ3) is 10.3. The van der Waals surface area contributed by atoms with Crippen LogP contribution in [0.1, 0.15) is 141 Å². The number of anilines is 1. The van der Waals surface area contributed by atoms with Gasteiger partial charge in [-0.25, -0.2) is 18.5 Å². The Kier molecular flexibility index (Phi) is 15.0. The molecule has 7 rings (SSSR count). The molecule has 2 saturated heterocycles. The summed E-state index contributed by atoms with van der Waals surface area (Å²) in [4.78, 5) is 4.11. The summed E-state index contributed by atoms with van der Waals surface area (Å²) < 4.78 is 76.1. The van der Waals surface area contributed by atoms with Gasteiger partial charge in [0.1, 0.15) is 47.3 Å². The van der Waals surface area contributed by atoms with Crippen molar-refractivity contribution >= 4 is 30.8 Å². The van der Waals surface area contributed by atoms with Crippen LogP contribution in [0.3, 0.4) is 0 Å². The Morgan fingerprint density at radius 2 is 1.66 bits per heavy atom. The third-order valence-electron chi connectivity index (χ3n) is 12.2. The van der Waals surface area contributed by atoms with Gasteiger partial charge in [0.05, 0.1) is 41.7 Å². The number of nitriles is 1. The molecule has 2 aliphatic heterocycles. The van der Waals surface area contributed by atoms with Crippen LogP contribution in [0.15, 0.2) is 60.9 Å². The minimum absolute atomic E-state index is 0.00140. The number of phosphoric ester groups is 1. The van der Waals surface area contributed by atoms with E-state index in [2.05, 4.69) is 17.0 Å². The first-order valence-electron chi connectivity index (χ1n) is 22.1. The molecule has 62 heavy (non-hydrogen) atoms. The van der Waals surface area contributed by atoms with Crippen molar-refractivity contribution < 1.29 is 41.5 Å². The zero-order chi connectivity index (χ0) is 44.0. The van der Waals surface area contributed by atoms with Gasteiger partial charge in [0.25, 0.3) is 0 Å². The van der Waals surface area contributed by atoms with Gasteiger partial charge in [-0.3, -0.25) is 9.05 Å². The topological polar surface area (TPSA) is 162 Å². The molecule has 13 nitrogen and oxygen atoms in total. The van der Waals surface area contributed by atoms with Crippen molar-refractivity contribution in [2.24, 2.45) is 0 Å². The summed E-state index contributed by atoms with van der Waals surface area (Å²) in [6.07, 6.45) is 14.7. The second kappa shape index (κ2) is 20.0. The Hall–Kier alpha value is -3.64. The highest BCUT2D eigenvalue weighted by Gasteiger charge is 2.92. The Balaban J connectivity index is 1.04. The van der Waals surface area contributed by atoms with Crippen LogP contribution in [0.25, 0.3) is 5.52 Å². The van der Waals surface area contributed by atoms with Crippen LogP contribution in [-0.2, 0) is 39.2 Å². The molecule has 7 unspecified atom stereocenters. The van der Waals surface area contributed by atoms with Gasteiger partial charge in [-0.1, -0.05) is 114 Å². The molecule has 336 valence electrons. The summed E-state index contributed by atoms with van der Waals surface area (Å²) in [5.41, 5.74) is 5.73. The number of phosphoric acid groups is 1. The monoisotopic (exact) mass is 895 g/mol. The number of halogens is 2. The van der Waals surface area contributed by atoms with Gasteiger partial charge in [-0.05, 0) is 75.2 Å². The lowest BCUT2D eigenvalue weighted by molar-refractivity contribution is -0.186. The molecule has 4 aromatic rings. The predicted molar refractivity (Wildman–Crippen MR) is 233 cm³/mol. The van der Waals surface area contributed by atoms with E-state index in [0.717, 1.165) is 25.7 Å².